The number of halogens is 1. The van der Waals surface area contributed by atoms with Gasteiger partial charge in [0.05, 0.1) is 6.04 Å². The van der Waals surface area contributed by atoms with Crippen molar-refractivity contribution >= 4 is 11.7 Å². The van der Waals surface area contributed by atoms with Gasteiger partial charge in [-0.2, -0.15) is 0 Å². The van der Waals surface area contributed by atoms with Gasteiger partial charge in [0.2, 0.25) is 0 Å². The van der Waals surface area contributed by atoms with E-state index in [2.05, 4.69) is 15.2 Å². The van der Waals surface area contributed by atoms with Crippen LogP contribution in [0.25, 0.3) is 0 Å². The first-order valence-corrected chi connectivity index (χ1v) is 7.04. The fourth-order valence-electron chi connectivity index (χ4n) is 2.25. The van der Waals surface area contributed by atoms with Gasteiger partial charge in [-0.15, -0.1) is 0 Å². The van der Waals surface area contributed by atoms with Crippen LogP contribution in [0, 0.1) is 5.82 Å². The quantitative estimate of drug-likeness (QED) is 0.911. The van der Waals surface area contributed by atoms with Gasteiger partial charge >= 0.3 is 0 Å². The maximum absolute atomic E-state index is 12.7. The number of benzene rings is 1. The van der Waals surface area contributed by atoms with Crippen molar-refractivity contribution in [3.63, 3.8) is 0 Å². The number of anilines is 1. The summed E-state index contributed by atoms with van der Waals surface area (Å²) >= 11 is 0. The predicted octanol–water partition coefficient (Wildman–Crippen LogP) is 1.60. The molecule has 0 saturated carbocycles. The molecule has 5 nitrogen and oxygen atoms in total. The molecule has 1 aromatic heterocycles. The third kappa shape index (κ3) is 3.52. The number of amides is 1. The summed E-state index contributed by atoms with van der Waals surface area (Å²) in [5.41, 5.74) is 0. The number of rotatable bonds is 5. The Balaban J connectivity index is 1.39. The Morgan fingerprint density at radius 3 is 2.73 bits per heavy atom. The summed E-state index contributed by atoms with van der Waals surface area (Å²) in [5.74, 6) is 0.867. The molecule has 1 N–H and O–H groups in total. The van der Waals surface area contributed by atoms with Gasteiger partial charge in [-0.3, -0.25) is 4.79 Å². The Hall–Kier alpha value is -2.63. The molecule has 114 valence electrons. The summed E-state index contributed by atoms with van der Waals surface area (Å²) in [6.07, 6.45) is 1.75. The minimum atomic E-state index is -0.333. The fraction of sp³-hybridized carbons (Fsp3) is 0.250. The monoisotopic (exact) mass is 301 g/mol. The average molecular weight is 301 g/mol. The highest BCUT2D eigenvalue weighted by Crippen LogP contribution is 2.17. The molecule has 0 bridgehead atoms. The lowest BCUT2D eigenvalue weighted by Crippen LogP contribution is -2.60. The second-order valence-corrected chi connectivity index (χ2v) is 5.10. The summed E-state index contributed by atoms with van der Waals surface area (Å²) in [5, 5.41) is 2.89. The molecule has 0 atom stereocenters. The van der Waals surface area contributed by atoms with Crippen LogP contribution in [0.1, 0.15) is 0 Å². The lowest BCUT2D eigenvalue weighted by atomic mass is 10.1. The number of carbonyl (C=O) groups excluding carboxylic acids is 1. The number of hydrogen-bond acceptors (Lipinski definition) is 4. The molecule has 0 radical (unpaired) electrons. The summed E-state index contributed by atoms with van der Waals surface area (Å²) < 4.78 is 18.0. The first-order valence-electron chi connectivity index (χ1n) is 7.04. The van der Waals surface area contributed by atoms with E-state index in [1.54, 1.807) is 6.20 Å². The molecule has 1 amide bonds. The zero-order valence-corrected chi connectivity index (χ0v) is 11.9. The SMILES string of the molecule is O=C(COc1ccc(F)cc1)NC1CN(c2ccccn2)C1. The number of aromatic nitrogens is 1. The molecule has 0 spiro atoms. The van der Waals surface area contributed by atoms with Crippen LogP contribution in [0.15, 0.2) is 48.7 Å². The van der Waals surface area contributed by atoms with E-state index in [4.69, 9.17) is 4.74 Å². The van der Waals surface area contributed by atoms with Crippen molar-refractivity contribution in [1.29, 1.82) is 0 Å². The maximum atomic E-state index is 12.7. The van der Waals surface area contributed by atoms with E-state index in [0.717, 1.165) is 18.9 Å². The van der Waals surface area contributed by atoms with Crippen molar-refractivity contribution in [1.82, 2.24) is 10.3 Å². The fourth-order valence-corrected chi connectivity index (χ4v) is 2.25. The van der Waals surface area contributed by atoms with Crippen molar-refractivity contribution in [3.8, 4) is 5.75 Å². The molecule has 3 rings (SSSR count). The van der Waals surface area contributed by atoms with E-state index >= 15 is 0 Å². The average Bonchev–Trinajstić information content (AvgIpc) is 2.51. The number of pyridine rings is 1. The molecule has 1 saturated heterocycles. The lowest BCUT2D eigenvalue weighted by Gasteiger charge is -2.40. The van der Waals surface area contributed by atoms with Crippen LogP contribution >= 0.6 is 0 Å². The zero-order valence-electron chi connectivity index (χ0n) is 11.9. The minimum Gasteiger partial charge on any atom is -0.484 e. The van der Waals surface area contributed by atoms with E-state index in [0.29, 0.717) is 5.75 Å². The van der Waals surface area contributed by atoms with E-state index in [9.17, 15) is 9.18 Å². The van der Waals surface area contributed by atoms with Crippen LogP contribution in [0.4, 0.5) is 10.2 Å². The first kappa shape index (κ1) is 14.3. The van der Waals surface area contributed by atoms with E-state index in [1.807, 2.05) is 18.2 Å². The summed E-state index contributed by atoms with van der Waals surface area (Å²) in [4.78, 5) is 18.1. The van der Waals surface area contributed by atoms with Crippen molar-refractivity contribution in [2.24, 2.45) is 0 Å². The maximum Gasteiger partial charge on any atom is 0.258 e. The second-order valence-electron chi connectivity index (χ2n) is 5.10. The second kappa shape index (κ2) is 6.43. The van der Waals surface area contributed by atoms with Crippen molar-refractivity contribution < 1.29 is 13.9 Å². The Kier molecular flexibility index (Phi) is 4.18. The number of nitrogens with one attached hydrogen (secondary N) is 1. The van der Waals surface area contributed by atoms with Gasteiger partial charge in [0, 0.05) is 19.3 Å². The molecule has 1 aliphatic rings. The topological polar surface area (TPSA) is 54.5 Å². The van der Waals surface area contributed by atoms with Gasteiger partial charge in [0.15, 0.2) is 6.61 Å². The minimum absolute atomic E-state index is 0.0777. The molecule has 6 heteroatoms. The van der Waals surface area contributed by atoms with Gasteiger partial charge in [-0.1, -0.05) is 6.07 Å². The van der Waals surface area contributed by atoms with Crippen LogP contribution in [0.2, 0.25) is 0 Å². The van der Waals surface area contributed by atoms with Gasteiger partial charge in [0.25, 0.3) is 5.91 Å². The van der Waals surface area contributed by atoms with Crippen LogP contribution < -0.4 is 15.0 Å². The van der Waals surface area contributed by atoms with E-state index in [1.165, 1.54) is 24.3 Å². The summed E-state index contributed by atoms with van der Waals surface area (Å²) in [6, 6.07) is 11.4. The standard InChI is InChI=1S/C16H16FN3O2/c17-12-4-6-14(7-5-12)22-11-16(21)19-13-9-20(10-13)15-3-1-2-8-18-15/h1-8,13H,9-11H2,(H,19,21). The summed E-state index contributed by atoms with van der Waals surface area (Å²) in [6.45, 7) is 1.39. The number of hydrogen-bond donors (Lipinski definition) is 1. The third-order valence-electron chi connectivity index (χ3n) is 3.40. The predicted molar refractivity (Wildman–Crippen MR) is 80.3 cm³/mol. The molecule has 2 aromatic rings. The Bertz CT molecular complexity index is 628. The number of nitrogens with zero attached hydrogens (tertiary/aromatic N) is 2. The molecule has 1 aromatic carbocycles. The summed E-state index contributed by atoms with van der Waals surface area (Å²) in [7, 11) is 0. The van der Waals surface area contributed by atoms with Gasteiger partial charge < -0.3 is 15.0 Å². The molecular formula is C16H16FN3O2. The van der Waals surface area contributed by atoms with Gasteiger partial charge in [0.1, 0.15) is 17.4 Å². The third-order valence-corrected chi connectivity index (χ3v) is 3.40. The van der Waals surface area contributed by atoms with Crippen LogP contribution in [0.3, 0.4) is 0 Å². The highest BCUT2D eigenvalue weighted by atomic mass is 19.1. The van der Waals surface area contributed by atoms with E-state index in [-0.39, 0.29) is 24.4 Å². The van der Waals surface area contributed by atoms with Gasteiger partial charge in [-0.05, 0) is 36.4 Å². The van der Waals surface area contributed by atoms with Crippen LogP contribution in [-0.4, -0.2) is 36.6 Å². The Morgan fingerprint density at radius 2 is 2.05 bits per heavy atom. The Labute approximate surface area is 127 Å². The first-order chi connectivity index (χ1) is 10.7. The highest BCUT2D eigenvalue weighted by molar-refractivity contribution is 5.78. The highest BCUT2D eigenvalue weighted by Gasteiger charge is 2.28. The normalized spacial score (nSPS) is 14.3. The number of ether oxygens (including phenoxy) is 1. The molecule has 1 aliphatic heterocycles. The zero-order chi connectivity index (χ0) is 15.4. The van der Waals surface area contributed by atoms with Gasteiger partial charge in [-0.25, -0.2) is 9.37 Å². The molecule has 22 heavy (non-hydrogen) atoms. The van der Waals surface area contributed by atoms with Crippen LogP contribution in [-0.2, 0) is 4.79 Å². The molecule has 0 aliphatic carbocycles. The lowest BCUT2D eigenvalue weighted by molar-refractivity contribution is -0.123. The molecular weight excluding hydrogens is 285 g/mol. The Morgan fingerprint density at radius 1 is 1.27 bits per heavy atom. The van der Waals surface area contributed by atoms with E-state index < -0.39 is 0 Å². The largest absolute Gasteiger partial charge is 0.484 e. The van der Waals surface area contributed by atoms with Crippen LogP contribution in [0.5, 0.6) is 5.75 Å². The van der Waals surface area contributed by atoms with Crippen molar-refractivity contribution in [3.05, 3.63) is 54.5 Å². The smallest absolute Gasteiger partial charge is 0.258 e. The molecule has 0 unspecified atom stereocenters. The van der Waals surface area contributed by atoms with Crippen molar-refractivity contribution in [2.75, 3.05) is 24.6 Å². The van der Waals surface area contributed by atoms with Crippen molar-refractivity contribution in [2.45, 2.75) is 6.04 Å². The molecule has 1 fully saturated rings. The number of carbonyl (C=O) groups is 1. The molecule has 2 heterocycles.